The van der Waals surface area contributed by atoms with Crippen molar-refractivity contribution in [3.8, 4) is 11.3 Å². The van der Waals surface area contributed by atoms with Crippen LogP contribution in [0.1, 0.15) is 51.0 Å². The summed E-state index contributed by atoms with van der Waals surface area (Å²) in [5, 5.41) is 4.44. The van der Waals surface area contributed by atoms with Gasteiger partial charge in [0, 0.05) is 18.7 Å². The molecule has 0 saturated heterocycles. The number of anilines is 1. The van der Waals surface area contributed by atoms with E-state index < -0.39 is 0 Å². The first kappa shape index (κ1) is 14.2. The maximum Gasteiger partial charge on any atom is 0.121 e. The van der Waals surface area contributed by atoms with Gasteiger partial charge in [0.15, 0.2) is 0 Å². The quantitative estimate of drug-likeness (QED) is 0.890. The average molecular weight is 283 g/mol. The molecule has 1 unspecified atom stereocenters. The number of nitrogens with two attached hydrogens (primary N) is 1. The third-order valence-electron chi connectivity index (χ3n) is 4.80. The zero-order chi connectivity index (χ0) is 15.0. The Morgan fingerprint density at radius 3 is 2.52 bits per heavy atom. The summed E-state index contributed by atoms with van der Waals surface area (Å²) in [6.07, 6.45) is 5.31. The first-order valence-corrected chi connectivity index (χ1v) is 7.84. The lowest BCUT2D eigenvalue weighted by atomic mass is 9.70. The van der Waals surface area contributed by atoms with Gasteiger partial charge in [0.05, 0.1) is 5.69 Å². The molecule has 1 aromatic carbocycles. The van der Waals surface area contributed by atoms with E-state index in [4.69, 9.17) is 5.73 Å². The molecule has 0 bridgehead atoms. The smallest absolute Gasteiger partial charge is 0.121 e. The number of hydrogen-bond acceptors (Lipinski definition) is 2. The van der Waals surface area contributed by atoms with Gasteiger partial charge < -0.3 is 5.73 Å². The van der Waals surface area contributed by atoms with Crippen molar-refractivity contribution in [2.24, 2.45) is 12.5 Å². The van der Waals surface area contributed by atoms with E-state index in [0.717, 1.165) is 11.3 Å². The van der Waals surface area contributed by atoms with E-state index in [1.165, 1.54) is 31.2 Å². The van der Waals surface area contributed by atoms with E-state index in [-0.39, 0.29) is 0 Å². The second kappa shape index (κ2) is 5.21. The molecule has 1 aliphatic rings. The van der Waals surface area contributed by atoms with Gasteiger partial charge in [-0.25, -0.2) is 0 Å². The maximum absolute atomic E-state index is 5.86. The third-order valence-corrected chi connectivity index (χ3v) is 4.80. The maximum atomic E-state index is 5.86. The molecule has 21 heavy (non-hydrogen) atoms. The van der Waals surface area contributed by atoms with Gasteiger partial charge in [0.2, 0.25) is 0 Å². The Kier molecular flexibility index (Phi) is 3.52. The van der Waals surface area contributed by atoms with Crippen LogP contribution in [0.2, 0.25) is 0 Å². The molecular weight excluding hydrogens is 258 g/mol. The number of hydrogen-bond donors (Lipinski definition) is 1. The Bertz CT molecular complexity index is 603. The van der Waals surface area contributed by atoms with Crippen LogP contribution < -0.4 is 5.73 Å². The van der Waals surface area contributed by atoms with E-state index in [0.29, 0.717) is 17.2 Å². The molecule has 1 aliphatic carbocycles. The average Bonchev–Trinajstić information content (AvgIpc) is 2.78. The van der Waals surface area contributed by atoms with Crippen molar-refractivity contribution in [2.75, 3.05) is 5.73 Å². The molecular formula is C18H25N3. The standard InChI is InChI=1S/C18H25N3/c1-18(2)10-4-5-15(12-18)13-6-8-14(9-7-13)16-11-17(19)21(3)20-16/h6-9,11,15H,4-5,10,12,19H2,1-3H3. The van der Waals surface area contributed by atoms with Crippen LogP contribution in [0.15, 0.2) is 30.3 Å². The number of nitrogen functional groups attached to an aromatic ring is 1. The highest BCUT2D eigenvalue weighted by atomic mass is 15.3. The molecule has 1 saturated carbocycles. The molecule has 3 nitrogen and oxygen atoms in total. The van der Waals surface area contributed by atoms with Crippen molar-refractivity contribution in [3.63, 3.8) is 0 Å². The van der Waals surface area contributed by atoms with Crippen LogP contribution in [-0.2, 0) is 7.05 Å². The Balaban J connectivity index is 1.81. The van der Waals surface area contributed by atoms with Crippen LogP contribution >= 0.6 is 0 Å². The van der Waals surface area contributed by atoms with Crippen LogP contribution in [0.3, 0.4) is 0 Å². The van der Waals surface area contributed by atoms with E-state index in [9.17, 15) is 0 Å². The monoisotopic (exact) mass is 283 g/mol. The molecule has 0 radical (unpaired) electrons. The van der Waals surface area contributed by atoms with Gasteiger partial charge in [-0.3, -0.25) is 4.68 Å². The first-order chi connectivity index (χ1) is 9.94. The van der Waals surface area contributed by atoms with Gasteiger partial charge in [-0.05, 0) is 36.2 Å². The van der Waals surface area contributed by atoms with Crippen molar-refractivity contribution in [2.45, 2.75) is 45.4 Å². The molecule has 3 heteroatoms. The van der Waals surface area contributed by atoms with Gasteiger partial charge in [0.1, 0.15) is 5.82 Å². The number of benzene rings is 1. The summed E-state index contributed by atoms with van der Waals surface area (Å²) in [6, 6.07) is 10.8. The molecule has 1 aromatic heterocycles. The summed E-state index contributed by atoms with van der Waals surface area (Å²) in [7, 11) is 1.87. The summed E-state index contributed by atoms with van der Waals surface area (Å²) in [5.41, 5.74) is 9.90. The summed E-state index contributed by atoms with van der Waals surface area (Å²) in [4.78, 5) is 0. The summed E-state index contributed by atoms with van der Waals surface area (Å²) in [5.74, 6) is 1.40. The predicted octanol–water partition coefficient (Wildman–Crippen LogP) is 4.35. The molecule has 0 aliphatic heterocycles. The Labute approximate surface area is 127 Å². The Hall–Kier alpha value is -1.77. The summed E-state index contributed by atoms with van der Waals surface area (Å²) < 4.78 is 1.72. The SMILES string of the molecule is Cn1nc(-c2ccc(C3CCCC(C)(C)C3)cc2)cc1N. The largest absolute Gasteiger partial charge is 0.384 e. The highest BCUT2D eigenvalue weighted by Crippen LogP contribution is 2.43. The highest BCUT2D eigenvalue weighted by molar-refractivity contribution is 5.62. The lowest BCUT2D eigenvalue weighted by Gasteiger charge is -2.35. The first-order valence-electron chi connectivity index (χ1n) is 7.84. The van der Waals surface area contributed by atoms with Gasteiger partial charge in [-0.1, -0.05) is 44.5 Å². The lowest BCUT2D eigenvalue weighted by Crippen LogP contribution is -2.21. The number of aromatic nitrogens is 2. The van der Waals surface area contributed by atoms with E-state index in [1.54, 1.807) is 4.68 Å². The van der Waals surface area contributed by atoms with Gasteiger partial charge >= 0.3 is 0 Å². The zero-order valence-corrected chi connectivity index (χ0v) is 13.3. The summed E-state index contributed by atoms with van der Waals surface area (Å²) >= 11 is 0. The normalized spacial score (nSPS) is 21.4. The van der Waals surface area contributed by atoms with Crippen LogP contribution in [0.25, 0.3) is 11.3 Å². The van der Waals surface area contributed by atoms with Crippen molar-refractivity contribution < 1.29 is 0 Å². The fraction of sp³-hybridized carbons (Fsp3) is 0.500. The van der Waals surface area contributed by atoms with Crippen molar-refractivity contribution in [3.05, 3.63) is 35.9 Å². The van der Waals surface area contributed by atoms with E-state index in [1.807, 2.05) is 13.1 Å². The van der Waals surface area contributed by atoms with Crippen molar-refractivity contribution in [1.29, 1.82) is 0 Å². The minimum Gasteiger partial charge on any atom is -0.384 e. The second-order valence-electron chi connectivity index (χ2n) is 7.16. The topological polar surface area (TPSA) is 43.8 Å². The molecule has 0 amide bonds. The minimum absolute atomic E-state index is 0.483. The Morgan fingerprint density at radius 2 is 1.95 bits per heavy atom. The van der Waals surface area contributed by atoms with Crippen LogP contribution in [0.4, 0.5) is 5.82 Å². The Morgan fingerprint density at radius 1 is 1.24 bits per heavy atom. The highest BCUT2D eigenvalue weighted by Gasteiger charge is 2.28. The minimum atomic E-state index is 0.483. The molecule has 1 heterocycles. The fourth-order valence-corrected chi connectivity index (χ4v) is 3.53. The van der Waals surface area contributed by atoms with E-state index >= 15 is 0 Å². The molecule has 1 atom stereocenters. The van der Waals surface area contributed by atoms with Gasteiger partial charge in [-0.15, -0.1) is 0 Å². The van der Waals surface area contributed by atoms with Crippen LogP contribution in [-0.4, -0.2) is 9.78 Å². The molecule has 2 aromatic rings. The lowest BCUT2D eigenvalue weighted by molar-refractivity contribution is 0.219. The van der Waals surface area contributed by atoms with Crippen LogP contribution in [0, 0.1) is 5.41 Å². The third kappa shape index (κ3) is 2.97. The fourth-order valence-electron chi connectivity index (χ4n) is 3.53. The predicted molar refractivity (Wildman–Crippen MR) is 88.0 cm³/mol. The number of nitrogens with zero attached hydrogens (tertiary/aromatic N) is 2. The van der Waals surface area contributed by atoms with Crippen molar-refractivity contribution >= 4 is 5.82 Å². The number of rotatable bonds is 2. The molecule has 3 rings (SSSR count). The van der Waals surface area contributed by atoms with E-state index in [2.05, 4.69) is 43.2 Å². The molecule has 0 spiro atoms. The second-order valence-corrected chi connectivity index (χ2v) is 7.16. The summed E-state index contributed by atoms with van der Waals surface area (Å²) in [6.45, 7) is 4.79. The zero-order valence-electron chi connectivity index (χ0n) is 13.3. The molecule has 2 N–H and O–H groups in total. The number of aryl methyl sites for hydroxylation is 1. The van der Waals surface area contributed by atoms with Crippen LogP contribution in [0.5, 0.6) is 0 Å². The molecule has 112 valence electrons. The molecule has 1 fully saturated rings. The van der Waals surface area contributed by atoms with Gasteiger partial charge in [-0.2, -0.15) is 5.10 Å². The van der Waals surface area contributed by atoms with Crippen molar-refractivity contribution in [1.82, 2.24) is 9.78 Å². The van der Waals surface area contributed by atoms with Gasteiger partial charge in [0.25, 0.3) is 0 Å².